The van der Waals surface area contributed by atoms with Crippen LogP contribution in [0.3, 0.4) is 0 Å². The van der Waals surface area contributed by atoms with Crippen LogP contribution in [0.4, 0.5) is 0 Å². The van der Waals surface area contributed by atoms with Crippen molar-refractivity contribution >= 4 is 21.8 Å². The number of nitrogens with zero attached hydrogens (tertiary/aromatic N) is 2. The Morgan fingerprint density at radius 3 is 2.43 bits per heavy atom. The molecule has 2 aromatic carbocycles. The Balaban J connectivity index is 1.94. The fourth-order valence-electron chi connectivity index (χ4n) is 2.22. The molecule has 0 saturated carbocycles. The molecule has 1 amide bonds. The third-order valence-electron chi connectivity index (χ3n) is 3.32. The summed E-state index contributed by atoms with van der Waals surface area (Å²) >= 11 is 3.39. The standard InChI is InChI=1S/C17H14BrN3O2/c1-11-20-21-17(23-11)15(12-7-3-2-4-8-12)19-16(22)13-9-5-6-10-14(13)18/h2-10,15H,1H3,(H,19,22). The third kappa shape index (κ3) is 3.48. The Kier molecular flexibility index (Phi) is 4.52. The molecule has 6 heteroatoms. The second-order valence-corrected chi connectivity index (χ2v) is 5.81. The molecule has 1 N–H and O–H groups in total. The molecule has 3 aromatic rings. The van der Waals surface area contributed by atoms with Gasteiger partial charge in [-0.1, -0.05) is 42.5 Å². The number of aromatic nitrogens is 2. The van der Waals surface area contributed by atoms with Gasteiger partial charge in [-0.25, -0.2) is 0 Å². The number of carbonyl (C=O) groups is 1. The van der Waals surface area contributed by atoms with Crippen molar-refractivity contribution in [2.45, 2.75) is 13.0 Å². The van der Waals surface area contributed by atoms with E-state index in [1.165, 1.54) is 0 Å². The van der Waals surface area contributed by atoms with Crippen LogP contribution < -0.4 is 5.32 Å². The van der Waals surface area contributed by atoms with Gasteiger partial charge in [0.05, 0.1) is 5.56 Å². The summed E-state index contributed by atoms with van der Waals surface area (Å²) in [6.07, 6.45) is 0. The Bertz CT molecular complexity index is 817. The normalized spacial score (nSPS) is 11.9. The topological polar surface area (TPSA) is 68.0 Å². The van der Waals surface area contributed by atoms with E-state index in [4.69, 9.17) is 4.42 Å². The summed E-state index contributed by atoms with van der Waals surface area (Å²) in [7, 11) is 0. The summed E-state index contributed by atoms with van der Waals surface area (Å²) < 4.78 is 6.25. The average molecular weight is 372 g/mol. The first kappa shape index (κ1) is 15.4. The zero-order chi connectivity index (χ0) is 16.2. The Morgan fingerprint density at radius 2 is 1.78 bits per heavy atom. The van der Waals surface area contributed by atoms with Crippen LogP contribution in [0.2, 0.25) is 0 Å². The van der Waals surface area contributed by atoms with Gasteiger partial charge in [-0.3, -0.25) is 4.79 Å². The zero-order valence-electron chi connectivity index (χ0n) is 12.4. The van der Waals surface area contributed by atoms with Crippen molar-refractivity contribution in [3.63, 3.8) is 0 Å². The molecule has 116 valence electrons. The SMILES string of the molecule is Cc1nnc(C(NC(=O)c2ccccc2Br)c2ccccc2)o1. The molecule has 5 nitrogen and oxygen atoms in total. The highest BCUT2D eigenvalue weighted by Gasteiger charge is 2.23. The number of amides is 1. The van der Waals surface area contributed by atoms with E-state index in [1.54, 1.807) is 13.0 Å². The molecule has 1 unspecified atom stereocenters. The van der Waals surface area contributed by atoms with Crippen molar-refractivity contribution in [2.24, 2.45) is 0 Å². The molecular formula is C17H14BrN3O2. The second-order valence-electron chi connectivity index (χ2n) is 4.96. The number of carbonyl (C=O) groups excluding carboxylic acids is 1. The number of halogens is 1. The van der Waals surface area contributed by atoms with Crippen LogP contribution in [-0.2, 0) is 0 Å². The Morgan fingerprint density at radius 1 is 1.09 bits per heavy atom. The molecule has 0 aliphatic rings. The molecule has 0 saturated heterocycles. The molecule has 1 atom stereocenters. The lowest BCUT2D eigenvalue weighted by Crippen LogP contribution is -2.29. The monoisotopic (exact) mass is 371 g/mol. The van der Waals surface area contributed by atoms with Crippen LogP contribution in [0.5, 0.6) is 0 Å². The summed E-state index contributed by atoms with van der Waals surface area (Å²) in [5.41, 5.74) is 1.42. The van der Waals surface area contributed by atoms with E-state index in [-0.39, 0.29) is 5.91 Å². The molecular weight excluding hydrogens is 358 g/mol. The van der Waals surface area contributed by atoms with E-state index < -0.39 is 6.04 Å². The summed E-state index contributed by atoms with van der Waals surface area (Å²) in [5.74, 6) is 0.590. The molecule has 0 radical (unpaired) electrons. The predicted octanol–water partition coefficient (Wildman–Crippen LogP) is 3.66. The van der Waals surface area contributed by atoms with Crippen molar-refractivity contribution < 1.29 is 9.21 Å². The van der Waals surface area contributed by atoms with Gasteiger partial charge < -0.3 is 9.73 Å². The van der Waals surface area contributed by atoms with Gasteiger partial charge >= 0.3 is 0 Å². The van der Waals surface area contributed by atoms with E-state index in [1.807, 2.05) is 48.5 Å². The second kappa shape index (κ2) is 6.75. The minimum absolute atomic E-state index is 0.220. The lowest BCUT2D eigenvalue weighted by molar-refractivity contribution is 0.0937. The summed E-state index contributed by atoms with van der Waals surface area (Å²) in [6, 6.07) is 16.3. The van der Waals surface area contributed by atoms with Gasteiger partial charge in [0.2, 0.25) is 11.8 Å². The van der Waals surface area contributed by atoms with E-state index in [9.17, 15) is 4.79 Å². The largest absolute Gasteiger partial charge is 0.423 e. The lowest BCUT2D eigenvalue weighted by Gasteiger charge is -2.16. The third-order valence-corrected chi connectivity index (χ3v) is 4.01. The maximum absolute atomic E-state index is 12.6. The zero-order valence-corrected chi connectivity index (χ0v) is 13.9. The van der Waals surface area contributed by atoms with Crippen LogP contribution in [0.25, 0.3) is 0 Å². The van der Waals surface area contributed by atoms with Crippen molar-refractivity contribution in [1.29, 1.82) is 0 Å². The van der Waals surface area contributed by atoms with Crippen LogP contribution >= 0.6 is 15.9 Å². The Labute approximate surface area is 141 Å². The van der Waals surface area contributed by atoms with E-state index in [0.717, 1.165) is 10.0 Å². The Hall–Kier alpha value is -2.47. The van der Waals surface area contributed by atoms with E-state index >= 15 is 0 Å². The summed E-state index contributed by atoms with van der Waals surface area (Å²) in [4.78, 5) is 12.6. The van der Waals surface area contributed by atoms with Crippen LogP contribution in [-0.4, -0.2) is 16.1 Å². The fourth-order valence-corrected chi connectivity index (χ4v) is 2.68. The molecule has 0 aliphatic carbocycles. The highest BCUT2D eigenvalue weighted by Crippen LogP contribution is 2.23. The molecule has 3 rings (SSSR count). The molecule has 0 aliphatic heterocycles. The lowest BCUT2D eigenvalue weighted by atomic mass is 10.1. The van der Waals surface area contributed by atoms with Gasteiger partial charge in [-0.05, 0) is 33.6 Å². The van der Waals surface area contributed by atoms with Crippen molar-refractivity contribution in [2.75, 3.05) is 0 Å². The number of hydrogen-bond donors (Lipinski definition) is 1. The minimum atomic E-state index is -0.503. The first-order valence-electron chi connectivity index (χ1n) is 7.05. The highest BCUT2D eigenvalue weighted by molar-refractivity contribution is 9.10. The maximum atomic E-state index is 12.6. The molecule has 1 heterocycles. The average Bonchev–Trinajstić information content (AvgIpc) is 3.00. The van der Waals surface area contributed by atoms with Crippen LogP contribution in [0.1, 0.15) is 33.7 Å². The van der Waals surface area contributed by atoms with Crippen LogP contribution in [0, 0.1) is 6.92 Å². The molecule has 0 bridgehead atoms. The molecule has 23 heavy (non-hydrogen) atoms. The molecule has 1 aromatic heterocycles. The predicted molar refractivity (Wildman–Crippen MR) is 88.9 cm³/mol. The van der Waals surface area contributed by atoms with Crippen molar-refractivity contribution in [1.82, 2.24) is 15.5 Å². The first-order valence-corrected chi connectivity index (χ1v) is 7.85. The minimum Gasteiger partial charge on any atom is -0.423 e. The number of rotatable bonds is 4. The van der Waals surface area contributed by atoms with Gasteiger partial charge in [-0.15, -0.1) is 10.2 Å². The van der Waals surface area contributed by atoms with Gasteiger partial charge in [-0.2, -0.15) is 0 Å². The van der Waals surface area contributed by atoms with Gasteiger partial charge in [0.25, 0.3) is 5.91 Å². The summed E-state index contributed by atoms with van der Waals surface area (Å²) in [5, 5.41) is 10.9. The first-order chi connectivity index (χ1) is 11.1. The number of nitrogens with one attached hydrogen (secondary N) is 1. The summed E-state index contributed by atoms with van der Waals surface area (Å²) in [6.45, 7) is 1.72. The highest BCUT2D eigenvalue weighted by atomic mass is 79.9. The molecule has 0 spiro atoms. The van der Waals surface area contributed by atoms with Crippen molar-refractivity contribution in [3.8, 4) is 0 Å². The number of benzene rings is 2. The maximum Gasteiger partial charge on any atom is 0.253 e. The fraction of sp³-hybridized carbons (Fsp3) is 0.118. The van der Waals surface area contributed by atoms with Gasteiger partial charge in [0, 0.05) is 11.4 Å². The van der Waals surface area contributed by atoms with E-state index in [0.29, 0.717) is 17.3 Å². The quantitative estimate of drug-likeness (QED) is 0.759. The smallest absolute Gasteiger partial charge is 0.253 e. The molecule has 0 fully saturated rings. The van der Waals surface area contributed by atoms with Crippen LogP contribution in [0.15, 0.2) is 63.5 Å². The number of aryl methyl sites for hydroxylation is 1. The van der Waals surface area contributed by atoms with E-state index in [2.05, 4.69) is 31.4 Å². The number of hydrogen-bond acceptors (Lipinski definition) is 4. The van der Waals surface area contributed by atoms with Crippen molar-refractivity contribution in [3.05, 3.63) is 82.0 Å². The van der Waals surface area contributed by atoms with Gasteiger partial charge in [0.1, 0.15) is 6.04 Å². The van der Waals surface area contributed by atoms with Gasteiger partial charge in [0.15, 0.2) is 0 Å².